The van der Waals surface area contributed by atoms with E-state index in [1.807, 2.05) is 13.8 Å². The van der Waals surface area contributed by atoms with E-state index in [9.17, 15) is 8.78 Å². The molecular formula is C12H14F2O. The van der Waals surface area contributed by atoms with Gasteiger partial charge >= 0.3 is 0 Å². The van der Waals surface area contributed by atoms with Crippen LogP contribution in [0.25, 0.3) is 0 Å². The number of halogens is 2. The van der Waals surface area contributed by atoms with Gasteiger partial charge in [0, 0.05) is 12.0 Å². The third kappa shape index (κ3) is 1.88. The molecule has 3 heteroatoms. The van der Waals surface area contributed by atoms with Gasteiger partial charge in [-0.1, -0.05) is 13.8 Å². The molecule has 0 radical (unpaired) electrons. The highest BCUT2D eigenvalue weighted by Gasteiger charge is 2.27. The smallest absolute Gasteiger partial charge is 0.130 e. The van der Waals surface area contributed by atoms with Crippen molar-refractivity contribution in [3.63, 3.8) is 0 Å². The van der Waals surface area contributed by atoms with Gasteiger partial charge in [0.25, 0.3) is 0 Å². The Balaban J connectivity index is 2.51. The highest BCUT2D eigenvalue weighted by atomic mass is 19.1. The van der Waals surface area contributed by atoms with Crippen molar-refractivity contribution in [1.82, 2.24) is 0 Å². The lowest BCUT2D eigenvalue weighted by Crippen LogP contribution is -2.22. The van der Waals surface area contributed by atoms with Crippen LogP contribution in [0.4, 0.5) is 8.78 Å². The highest BCUT2D eigenvalue weighted by molar-refractivity contribution is 5.34. The number of hydrogen-bond donors (Lipinski definition) is 0. The summed E-state index contributed by atoms with van der Waals surface area (Å²) in [5.41, 5.74) is 1.29. The van der Waals surface area contributed by atoms with Crippen LogP contribution in [0.3, 0.4) is 0 Å². The molecule has 0 bridgehead atoms. The second-order valence-corrected chi connectivity index (χ2v) is 4.33. The van der Waals surface area contributed by atoms with Crippen LogP contribution >= 0.6 is 0 Å². The summed E-state index contributed by atoms with van der Waals surface area (Å²) in [4.78, 5) is 0. The molecule has 1 aliphatic heterocycles. The number of benzene rings is 1. The first-order valence-corrected chi connectivity index (χ1v) is 5.15. The molecule has 0 aliphatic carbocycles. The molecule has 0 aromatic heterocycles. The highest BCUT2D eigenvalue weighted by Crippen LogP contribution is 2.34. The first-order chi connectivity index (χ1) is 7.09. The molecule has 1 aliphatic rings. The maximum absolute atomic E-state index is 13.6. The zero-order chi connectivity index (χ0) is 11.0. The van der Waals surface area contributed by atoms with Crippen LogP contribution in [-0.4, -0.2) is 6.61 Å². The van der Waals surface area contributed by atoms with E-state index in [1.165, 1.54) is 6.07 Å². The Labute approximate surface area is 88.1 Å². The molecule has 0 saturated heterocycles. The van der Waals surface area contributed by atoms with Crippen LogP contribution in [0.1, 0.15) is 30.9 Å². The molecule has 2 rings (SSSR count). The number of rotatable bonds is 1. The summed E-state index contributed by atoms with van der Waals surface area (Å²) in [6.45, 7) is 4.87. The van der Waals surface area contributed by atoms with Crippen LogP contribution in [0, 0.1) is 17.6 Å². The minimum Gasteiger partial charge on any atom is -0.376 e. The van der Waals surface area contributed by atoms with Gasteiger partial charge in [0.1, 0.15) is 11.6 Å². The quantitative estimate of drug-likeness (QED) is 0.694. The third-order valence-corrected chi connectivity index (χ3v) is 2.91. The van der Waals surface area contributed by atoms with E-state index < -0.39 is 11.6 Å². The lowest BCUT2D eigenvalue weighted by molar-refractivity contribution is 0.0770. The SMILES string of the molecule is CC(C)C1COCc2cc(F)cc(F)c21. The van der Waals surface area contributed by atoms with Crippen molar-refractivity contribution >= 4 is 0 Å². The van der Waals surface area contributed by atoms with Crippen molar-refractivity contribution in [2.75, 3.05) is 6.61 Å². The molecular weight excluding hydrogens is 198 g/mol. The van der Waals surface area contributed by atoms with Crippen LogP contribution < -0.4 is 0 Å². The van der Waals surface area contributed by atoms with E-state index in [0.717, 1.165) is 6.07 Å². The van der Waals surface area contributed by atoms with Gasteiger partial charge in [0.2, 0.25) is 0 Å². The van der Waals surface area contributed by atoms with Gasteiger partial charge in [-0.15, -0.1) is 0 Å². The van der Waals surface area contributed by atoms with E-state index in [1.54, 1.807) is 0 Å². The fraction of sp³-hybridized carbons (Fsp3) is 0.500. The van der Waals surface area contributed by atoms with E-state index in [4.69, 9.17) is 4.74 Å². The van der Waals surface area contributed by atoms with Crippen LogP contribution in [0.5, 0.6) is 0 Å². The minimum absolute atomic E-state index is 0.0364. The molecule has 0 N–H and O–H groups in total. The molecule has 0 saturated carbocycles. The average Bonchev–Trinajstić information content (AvgIpc) is 2.16. The molecule has 1 aromatic carbocycles. The largest absolute Gasteiger partial charge is 0.376 e. The van der Waals surface area contributed by atoms with Crippen LogP contribution in [0.2, 0.25) is 0 Å². The van der Waals surface area contributed by atoms with Crippen LogP contribution in [-0.2, 0) is 11.3 Å². The Morgan fingerprint density at radius 1 is 1.33 bits per heavy atom. The summed E-state index contributed by atoms with van der Waals surface area (Å²) < 4.78 is 32.0. The zero-order valence-corrected chi connectivity index (χ0v) is 8.89. The Hall–Kier alpha value is -0.960. The van der Waals surface area contributed by atoms with Crippen molar-refractivity contribution in [2.24, 2.45) is 5.92 Å². The van der Waals surface area contributed by atoms with Gasteiger partial charge < -0.3 is 4.74 Å². The molecule has 0 amide bonds. The molecule has 1 nitrogen and oxygen atoms in total. The standard InChI is InChI=1S/C12H14F2O/c1-7(2)10-6-15-5-8-3-9(13)4-11(14)12(8)10/h3-4,7,10H,5-6H2,1-2H3. The summed E-state index contributed by atoms with van der Waals surface area (Å²) >= 11 is 0. The van der Waals surface area contributed by atoms with E-state index in [2.05, 4.69) is 0 Å². The summed E-state index contributed by atoms with van der Waals surface area (Å²) in [6.07, 6.45) is 0. The first-order valence-electron chi connectivity index (χ1n) is 5.15. The van der Waals surface area contributed by atoms with Crippen molar-refractivity contribution in [3.8, 4) is 0 Å². The maximum atomic E-state index is 13.6. The summed E-state index contributed by atoms with van der Waals surface area (Å²) in [6, 6.07) is 2.33. The van der Waals surface area contributed by atoms with Crippen LogP contribution in [0.15, 0.2) is 12.1 Å². The summed E-state index contributed by atoms with van der Waals surface area (Å²) in [7, 11) is 0. The maximum Gasteiger partial charge on any atom is 0.130 e. The van der Waals surface area contributed by atoms with E-state index >= 15 is 0 Å². The molecule has 1 aromatic rings. The lowest BCUT2D eigenvalue weighted by Gasteiger charge is -2.28. The van der Waals surface area contributed by atoms with Crippen molar-refractivity contribution in [2.45, 2.75) is 26.4 Å². The van der Waals surface area contributed by atoms with Crippen molar-refractivity contribution in [3.05, 3.63) is 34.9 Å². The van der Waals surface area contributed by atoms with Gasteiger partial charge in [0.15, 0.2) is 0 Å². The van der Waals surface area contributed by atoms with E-state index in [0.29, 0.717) is 30.3 Å². The first kappa shape index (κ1) is 10.6. The fourth-order valence-electron chi connectivity index (χ4n) is 2.08. The van der Waals surface area contributed by atoms with Crippen molar-refractivity contribution in [1.29, 1.82) is 0 Å². The predicted molar refractivity (Wildman–Crippen MR) is 53.6 cm³/mol. The van der Waals surface area contributed by atoms with E-state index in [-0.39, 0.29) is 5.92 Å². The average molecular weight is 212 g/mol. The molecule has 15 heavy (non-hydrogen) atoms. The Morgan fingerprint density at radius 3 is 2.73 bits per heavy atom. The Bertz CT molecular complexity index is 374. The molecule has 1 atom stereocenters. The third-order valence-electron chi connectivity index (χ3n) is 2.91. The second-order valence-electron chi connectivity index (χ2n) is 4.33. The predicted octanol–water partition coefficient (Wildman–Crippen LogP) is 3.23. The molecule has 0 fully saturated rings. The summed E-state index contributed by atoms with van der Waals surface area (Å²) in [5, 5.41) is 0. The monoisotopic (exact) mass is 212 g/mol. The van der Waals surface area contributed by atoms with Gasteiger partial charge in [-0.3, -0.25) is 0 Å². The number of hydrogen-bond acceptors (Lipinski definition) is 1. The van der Waals surface area contributed by atoms with Gasteiger partial charge in [-0.25, -0.2) is 8.78 Å². The van der Waals surface area contributed by atoms with Gasteiger partial charge in [0.05, 0.1) is 13.2 Å². The topological polar surface area (TPSA) is 9.23 Å². The number of ether oxygens (including phenoxy) is 1. The molecule has 0 spiro atoms. The summed E-state index contributed by atoms with van der Waals surface area (Å²) in [5.74, 6) is -0.635. The van der Waals surface area contributed by atoms with Gasteiger partial charge in [-0.05, 0) is 23.1 Å². The lowest BCUT2D eigenvalue weighted by atomic mass is 9.84. The fourth-order valence-corrected chi connectivity index (χ4v) is 2.08. The van der Waals surface area contributed by atoms with Gasteiger partial charge in [-0.2, -0.15) is 0 Å². The minimum atomic E-state index is -0.528. The normalized spacial score (nSPS) is 20.5. The number of fused-ring (bicyclic) bond motifs is 1. The molecule has 1 heterocycles. The Morgan fingerprint density at radius 2 is 2.07 bits per heavy atom. The molecule has 1 unspecified atom stereocenters. The van der Waals surface area contributed by atoms with Crippen molar-refractivity contribution < 1.29 is 13.5 Å². The zero-order valence-electron chi connectivity index (χ0n) is 8.89. The second kappa shape index (κ2) is 3.89. The molecule has 82 valence electrons. The Kier molecular flexibility index (Phi) is 2.74.